The summed E-state index contributed by atoms with van der Waals surface area (Å²) in [6.07, 6.45) is 0. The van der Waals surface area contributed by atoms with Crippen molar-refractivity contribution in [3.05, 3.63) is 64.0 Å². The normalized spacial score (nSPS) is 10.8. The highest BCUT2D eigenvalue weighted by molar-refractivity contribution is 6.31. The number of ether oxygens (including phenoxy) is 1. The maximum atomic E-state index is 12.5. The monoisotopic (exact) mass is 342 g/mol. The van der Waals surface area contributed by atoms with Crippen molar-refractivity contribution in [2.24, 2.45) is 0 Å². The molecule has 1 heterocycles. The van der Waals surface area contributed by atoms with Crippen molar-refractivity contribution in [2.75, 3.05) is 6.61 Å². The van der Waals surface area contributed by atoms with E-state index >= 15 is 0 Å². The van der Waals surface area contributed by atoms with E-state index in [4.69, 9.17) is 16.3 Å². The molecule has 0 saturated carbocycles. The SMILES string of the molecule is CC(=O)OCCn1c(=O)nc(-c2ccccc2)c2cc(Cl)ccc21. The Bertz CT molecular complexity index is 952. The number of hydrogen-bond donors (Lipinski definition) is 0. The van der Waals surface area contributed by atoms with Gasteiger partial charge in [0, 0.05) is 22.9 Å². The molecule has 2 aromatic carbocycles. The summed E-state index contributed by atoms with van der Waals surface area (Å²) in [6, 6.07) is 14.8. The quantitative estimate of drug-likeness (QED) is 0.683. The fraction of sp³-hybridized carbons (Fsp3) is 0.167. The Balaban J connectivity index is 2.17. The van der Waals surface area contributed by atoms with E-state index in [9.17, 15) is 9.59 Å². The van der Waals surface area contributed by atoms with E-state index in [0.717, 1.165) is 10.9 Å². The largest absolute Gasteiger partial charge is 0.464 e. The van der Waals surface area contributed by atoms with Crippen LogP contribution < -0.4 is 5.69 Å². The van der Waals surface area contributed by atoms with Crippen molar-refractivity contribution in [3.8, 4) is 11.3 Å². The molecule has 0 aliphatic carbocycles. The summed E-state index contributed by atoms with van der Waals surface area (Å²) in [7, 11) is 0. The molecule has 0 aliphatic rings. The van der Waals surface area contributed by atoms with Gasteiger partial charge >= 0.3 is 11.7 Å². The molecule has 0 aliphatic heterocycles. The number of carbonyl (C=O) groups is 1. The lowest BCUT2D eigenvalue weighted by Gasteiger charge is -2.13. The number of benzene rings is 2. The molecular formula is C18H15ClN2O3. The van der Waals surface area contributed by atoms with Gasteiger partial charge in [0.25, 0.3) is 0 Å². The maximum Gasteiger partial charge on any atom is 0.348 e. The van der Waals surface area contributed by atoms with Gasteiger partial charge in [-0.2, -0.15) is 4.98 Å². The van der Waals surface area contributed by atoms with Gasteiger partial charge in [0.2, 0.25) is 0 Å². The predicted octanol–water partition coefficient (Wildman–Crippen LogP) is 3.28. The third-order valence-electron chi connectivity index (χ3n) is 3.61. The minimum atomic E-state index is -0.393. The van der Waals surface area contributed by atoms with Crippen LogP contribution in [0.4, 0.5) is 0 Å². The first-order valence-electron chi connectivity index (χ1n) is 7.45. The first kappa shape index (κ1) is 16.2. The Morgan fingerprint density at radius 1 is 1.21 bits per heavy atom. The molecule has 1 aromatic heterocycles. The number of nitrogens with zero attached hydrogens (tertiary/aromatic N) is 2. The Morgan fingerprint density at radius 3 is 2.67 bits per heavy atom. The molecule has 3 rings (SSSR count). The Kier molecular flexibility index (Phi) is 4.62. The summed E-state index contributed by atoms with van der Waals surface area (Å²) >= 11 is 6.13. The van der Waals surface area contributed by atoms with Crippen molar-refractivity contribution < 1.29 is 9.53 Å². The van der Waals surface area contributed by atoms with Gasteiger partial charge in [0.05, 0.1) is 17.8 Å². The number of esters is 1. The molecule has 0 atom stereocenters. The number of carbonyl (C=O) groups excluding carboxylic acids is 1. The third-order valence-corrected chi connectivity index (χ3v) is 3.85. The zero-order valence-electron chi connectivity index (χ0n) is 13.0. The van der Waals surface area contributed by atoms with Crippen LogP contribution in [0, 0.1) is 0 Å². The smallest absolute Gasteiger partial charge is 0.348 e. The van der Waals surface area contributed by atoms with Gasteiger partial charge < -0.3 is 4.74 Å². The van der Waals surface area contributed by atoms with Gasteiger partial charge in [-0.05, 0) is 18.2 Å². The standard InChI is InChI=1S/C18H15ClN2O3/c1-12(22)24-10-9-21-16-8-7-14(19)11-15(16)17(20-18(21)23)13-5-3-2-4-6-13/h2-8,11H,9-10H2,1H3. The molecular weight excluding hydrogens is 328 g/mol. The van der Waals surface area contributed by atoms with Crippen molar-refractivity contribution in [1.29, 1.82) is 0 Å². The van der Waals surface area contributed by atoms with Gasteiger partial charge in [-0.25, -0.2) is 4.79 Å². The molecule has 0 saturated heterocycles. The summed E-state index contributed by atoms with van der Waals surface area (Å²) in [6.45, 7) is 1.68. The molecule has 122 valence electrons. The van der Waals surface area contributed by atoms with Gasteiger partial charge in [0.15, 0.2) is 0 Å². The van der Waals surface area contributed by atoms with Crippen LogP contribution in [0.15, 0.2) is 53.3 Å². The number of aromatic nitrogens is 2. The molecule has 0 bridgehead atoms. The first-order valence-corrected chi connectivity index (χ1v) is 7.83. The molecule has 0 radical (unpaired) electrons. The third kappa shape index (κ3) is 3.31. The number of fused-ring (bicyclic) bond motifs is 1. The summed E-state index contributed by atoms with van der Waals surface area (Å²) in [5.74, 6) is -0.385. The molecule has 0 spiro atoms. The van der Waals surface area contributed by atoms with Gasteiger partial charge in [-0.1, -0.05) is 41.9 Å². The van der Waals surface area contributed by atoms with Crippen LogP contribution in [-0.4, -0.2) is 22.1 Å². The summed E-state index contributed by atoms with van der Waals surface area (Å²) in [5.41, 5.74) is 1.73. The van der Waals surface area contributed by atoms with E-state index in [-0.39, 0.29) is 19.1 Å². The predicted molar refractivity (Wildman–Crippen MR) is 93.1 cm³/mol. The number of halogens is 1. The van der Waals surface area contributed by atoms with Crippen molar-refractivity contribution in [1.82, 2.24) is 9.55 Å². The second-order valence-electron chi connectivity index (χ2n) is 5.26. The highest BCUT2D eigenvalue weighted by atomic mass is 35.5. The van der Waals surface area contributed by atoms with Crippen molar-refractivity contribution in [3.63, 3.8) is 0 Å². The van der Waals surface area contributed by atoms with Gasteiger partial charge in [-0.15, -0.1) is 0 Å². The zero-order chi connectivity index (χ0) is 17.1. The lowest BCUT2D eigenvalue weighted by atomic mass is 10.1. The molecule has 5 nitrogen and oxygen atoms in total. The van der Waals surface area contributed by atoms with E-state index < -0.39 is 5.69 Å². The fourth-order valence-electron chi connectivity index (χ4n) is 2.57. The first-order chi connectivity index (χ1) is 11.6. The average Bonchev–Trinajstić information content (AvgIpc) is 2.57. The van der Waals surface area contributed by atoms with Gasteiger partial charge in [-0.3, -0.25) is 9.36 Å². The maximum absolute atomic E-state index is 12.5. The lowest BCUT2D eigenvalue weighted by Crippen LogP contribution is -2.26. The van der Waals surface area contributed by atoms with E-state index in [1.807, 2.05) is 30.3 Å². The van der Waals surface area contributed by atoms with Gasteiger partial charge in [0.1, 0.15) is 6.61 Å². The molecule has 0 N–H and O–H groups in total. The van der Waals surface area contributed by atoms with Crippen LogP contribution in [0.5, 0.6) is 0 Å². The molecule has 24 heavy (non-hydrogen) atoms. The molecule has 6 heteroatoms. The second-order valence-corrected chi connectivity index (χ2v) is 5.70. The van der Waals surface area contributed by atoms with Crippen LogP contribution in [0.1, 0.15) is 6.92 Å². The lowest BCUT2D eigenvalue weighted by molar-refractivity contribution is -0.141. The van der Waals surface area contributed by atoms with Crippen molar-refractivity contribution in [2.45, 2.75) is 13.5 Å². The highest BCUT2D eigenvalue weighted by Crippen LogP contribution is 2.27. The number of rotatable bonds is 4. The molecule has 0 unspecified atom stereocenters. The van der Waals surface area contributed by atoms with Crippen LogP contribution in [0.2, 0.25) is 5.02 Å². The van der Waals surface area contributed by atoms with E-state index in [2.05, 4.69) is 4.98 Å². The van der Waals surface area contributed by atoms with Crippen LogP contribution >= 0.6 is 11.6 Å². The molecule has 0 amide bonds. The molecule has 0 fully saturated rings. The summed E-state index contributed by atoms with van der Waals surface area (Å²) < 4.78 is 6.42. The number of hydrogen-bond acceptors (Lipinski definition) is 4. The average molecular weight is 343 g/mol. The van der Waals surface area contributed by atoms with Crippen LogP contribution in [0.25, 0.3) is 22.2 Å². The zero-order valence-corrected chi connectivity index (χ0v) is 13.8. The summed E-state index contributed by atoms with van der Waals surface area (Å²) in [4.78, 5) is 27.6. The Morgan fingerprint density at radius 2 is 1.96 bits per heavy atom. The Labute approximate surface area is 143 Å². The minimum Gasteiger partial charge on any atom is -0.464 e. The fourth-order valence-corrected chi connectivity index (χ4v) is 2.74. The van der Waals surface area contributed by atoms with E-state index in [0.29, 0.717) is 16.2 Å². The summed E-state index contributed by atoms with van der Waals surface area (Å²) in [5, 5.41) is 1.34. The molecule has 3 aromatic rings. The topological polar surface area (TPSA) is 61.2 Å². The van der Waals surface area contributed by atoms with Crippen LogP contribution in [-0.2, 0) is 16.1 Å². The van der Waals surface area contributed by atoms with Crippen LogP contribution in [0.3, 0.4) is 0 Å². The highest BCUT2D eigenvalue weighted by Gasteiger charge is 2.12. The van der Waals surface area contributed by atoms with E-state index in [1.54, 1.807) is 18.2 Å². The minimum absolute atomic E-state index is 0.110. The van der Waals surface area contributed by atoms with Crippen molar-refractivity contribution >= 4 is 28.5 Å². The second kappa shape index (κ2) is 6.84. The Hall–Kier alpha value is -2.66. The van der Waals surface area contributed by atoms with E-state index in [1.165, 1.54) is 11.5 Å².